The molecule has 28 heavy (non-hydrogen) atoms. The largest absolute Gasteiger partial charge is 0.441 e. The number of nitrogens with zero attached hydrogens (tertiary/aromatic N) is 1. The number of nitrogens with two attached hydrogens (primary N) is 1. The zero-order valence-corrected chi connectivity index (χ0v) is 15.7. The second kappa shape index (κ2) is 9.10. The normalized spacial score (nSPS) is 12.9. The van der Waals surface area contributed by atoms with Crippen molar-refractivity contribution < 1.29 is 14.0 Å². The number of benzene rings is 2. The van der Waals surface area contributed by atoms with Crippen molar-refractivity contribution in [3.8, 4) is 0 Å². The van der Waals surface area contributed by atoms with Crippen molar-refractivity contribution in [3.63, 3.8) is 0 Å². The predicted octanol–water partition coefficient (Wildman–Crippen LogP) is 3.31. The molecular formula is C22H23N3O3. The van der Waals surface area contributed by atoms with Crippen molar-refractivity contribution in [1.82, 2.24) is 10.3 Å². The number of amides is 1. The second-order valence-corrected chi connectivity index (χ2v) is 6.64. The number of carbonyl (C=O) groups is 2. The van der Waals surface area contributed by atoms with Crippen LogP contribution in [-0.4, -0.2) is 22.7 Å². The van der Waals surface area contributed by atoms with E-state index in [1.54, 1.807) is 0 Å². The van der Waals surface area contributed by atoms with Crippen molar-refractivity contribution in [3.05, 3.63) is 89.6 Å². The molecule has 0 fully saturated rings. The molecule has 2 atom stereocenters. The van der Waals surface area contributed by atoms with Gasteiger partial charge in [0.05, 0.1) is 12.1 Å². The number of ketones is 1. The van der Waals surface area contributed by atoms with Crippen LogP contribution < -0.4 is 11.1 Å². The summed E-state index contributed by atoms with van der Waals surface area (Å²) in [7, 11) is 0. The molecule has 0 radical (unpaired) electrons. The lowest BCUT2D eigenvalue weighted by atomic mass is 10.0. The number of carbonyl (C=O) groups excluding carboxylic acids is 2. The lowest BCUT2D eigenvalue weighted by Crippen LogP contribution is -2.31. The lowest BCUT2D eigenvalue weighted by Gasteiger charge is -2.12. The molecular weight excluding hydrogens is 354 g/mol. The van der Waals surface area contributed by atoms with Crippen molar-refractivity contribution >= 4 is 11.7 Å². The topological polar surface area (TPSA) is 98.2 Å². The molecule has 0 spiro atoms. The molecule has 0 aliphatic heterocycles. The molecule has 1 heterocycles. The Morgan fingerprint density at radius 2 is 1.71 bits per heavy atom. The van der Waals surface area contributed by atoms with Gasteiger partial charge in [0.1, 0.15) is 6.26 Å². The monoisotopic (exact) mass is 377 g/mol. The summed E-state index contributed by atoms with van der Waals surface area (Å²) in [4.78, 5) is 28.8. The summed E-state index contributed by atoms with van der Waals surface area (Å²) in [5, 5.41) is 2.84. The summed E-state index contributed by atoms with van der Waals surface area (Å²) >= 11 is 0. The number of hydrogen-bond donors (Lipinski definition) is 2. The van der Waals surface area contributed by atoms with E-state index in [0.29, 0.717) is 12.8 Å². The molecule has 0 aliphatic carbocycles. The van der Waals surface area contributed by atoms with Gasteiger partial charge < -0.3 is 15.5 Å². The van der Waals surface area contributed by atoms with Gasteiger partial charge in [-0.1, -0.05) is 60.7 Å². The molecule has 3 aromatic rings. The van der Waals surface area contributed by atoms with Crippen LogP contribution in [0.25, 0.3) is 0 Å². The number of nitrogens with one attached hydrogen (secondary N) is 1. The van der Waals surface area contributed by atoms with E-state index in [4.69, 9.17) is 10.2 Å². The minimum Gasteiger partial charge on any atom is -0.441 e. The quantitative estimate of drug-likeness (QED) is 0.587. The number of aryl methyl sites for hydroxylation is 1. The number of oxazole rings is 1. The fourth-order valence-corrected chi connectivity index (χ4v) is 2.84. The Bertz CT molecular complexity index is 922. The highest BCUT2D eigenvalue weighted by Crippen LogP contribution is 2.13. The third-order valence-electron chi connectivity index (χ3n) is 4.52. The minimum absolute atomic E-state index is 0.0568. The van der Waals surface area contributed by atoms with Gasteiger partial charge in [0.15, 0.2) is 5.69 Å². The van der Waals surface area contributed by atoms with Gasteiger partial charge >= 0.3 is 0 Å². The molecule has 6 nitrogen and oxygen atoms in total. The van der Waals surface area contributed by atoms with Gasteiger partial charge in [-0.05, 0) is 30.9 Å². The molecule has 0 bridgehead atoms. The van der Waals surface area contributed by atoms with Crippen LogP contribution >= 0.6 is 0 Å². The van der Waals surface area contributed by atoms with Gasteiger partial charge in [0.2, 0.25) is 5.78 Å². The molecule has 0 aliphatic rings. The third kappa shape index (κ3) is 4.92. The fourth-order valence-electron chi connectivity index (χ4n) is 2.84. The molecule has 6 heteroatoms. The highest BCUT2D eigenvalue weighted by molar-refractivity contribution is 5.98. The standard InChI is InChI=1S/C22H23N3O3/c1-15(17-10-6-3-7-11-17)24-21(27)19-14-28-22(25-19)20(26)18(23)13-12-16-8-4-2-5-9-16/h2-11,14-15,18H,12-13,23H2,1H3,(H,24,27)/t15-,18?/m1/s1. The predicted molar refractivity (Wildman–Crippen MR) is 106 cm³/mol. The zero-order valence-electron chi connectivity index (χ0n) is 15.7. The summed E-state index contributed by atoms with van der Waals surface area (Å²) < 4.78 is 5.21. The summed E-state index contributed by atoms with van der Waals surface area (Å²) in [6, 6.07) is 18.4. The number of hydrogen-bond acceptors (Lipinski definition) is 5. The smallest absolute Gasteiger partial charge is 0.273 e. The van der Waals surface area contributed by atoms with E-state index in [0.717, 1.165) is 11.1 Å². The van der Waals surface area contributed by atoms with Crippen LogP contribution in [0.3, 0.4) is 0 Å². The van der Waals surface area contributed by atoms with E-state index in [9.17, 15) is 9.59 Å². The molecule has 1 amide bonds. The average Bonchev–Trinajstić information content (AvgIpc) is 3.23. The van der Waals surface area contributed by atoms with E-state index in [1.807, 2.05) is 67.6 Å². The van der Waals surface area contributed by atoms with Crippen molar-refractivity contribution in [1.29, 1.82) is 0 Å². The first-order valence-corrected chi connectivity index (χ1v) is 9.19. The first kappa shape index (κ1) is 19.5. The minimum atomic E-state index is -0.738. The van der Waals surface area contributed by atoms with Crippen LogP contribution in [0.2, 0.25) is 0 Å². The summed E-state index contributed by atoms with van der Waals surface area (Å²) in [5.41, 5.74) is 8.12. The Hall–Kier alpha value is -3.25. The van der Waals surface area contributed by atoms with E-state index in [-0.39, 0.29) is 17.6 Å². The number of rotatable bonds is 8. The molecule has 144 valence electrons. The van der Waals surface area contributed by atoms with Crippen LogP contribution in [0.1, 0.15) is 51.7 Å². The average molecular weight is 377 g/mol. The molecule has 2 aromatic carbocycles. The fraction of sp³-hybridized carbons (Fsp3) is 0.227. The summed E-state index contributed by atoms with van der Waals surface area (Å²) in [5.74, 6) is -0.957. The van der Waals surface area contributed by atoms with Gasteiger partial charge in [0.25, 0.3) is 11.8 Å². The number of aromatic nitrogens is 1. The first-order valence-electron chi connectivity index (χ1n) is 9.19. The highest BCUT2D eigenvalue weighted by atomic mass is 16.3. The van der Waals surface area contributed by atoms with Crippen molar-refractivity contribution in [2.75, 3.05) is 0 Å². The van der Waals surface area contributed by atoms with Crippen LogP contribution in [0, 0.1) is 0 Å². The van der Waals surface area contributed by atoms with Crippen LogP contribution in [0.4, 0.5) is 0 Å². The first-order chi connectivity index (χ1) is 13.5. The van der Waals surface area contributed by atoms with Crippen LogP contribution in [-0.2, 0) is 6.42 Å². The molecule has 1 unspecified atom stereocenters. The SMILES string of the molecule is C[C@@H](NC(=O)c1coc(C(=O)C(N)CCc2ccccc2)n1)c1ccccc1. The van der Waals surface area contributed by atoms with Crippen molar-refractivity contribution in [2.24, 2.45) is 5.73 Å². The summed E-state index contributed by atoms with van der Waals surface area (Å²) in [6.45, 7) is 1.87. The van der Waals surface area contributed by atoms with E-state index < -0.39 is 17.7 Å². The van der Waals surface area contributed by atoms with E-state index in [2.05, 4.69) is 10.3 Å². The maximum atomic E-state index is 12.4. The highest BCUT2D eigenvalue weighted by Gasteiger charge is 2.23. The molecule has 0 saturated carbocycles. The van der Waals surface area contributed by atoms with Gasteiger partial charge in [-0.2, -0.15) is 0 Å². The lowest BCUT2D eigenvalue weighted by molar-refractivity contribution is 0.0922. The van der Waals surface area contributed by atoms with Crippen LogP contribution in [0.15, 0.2) is 71.3 Å². The number of Topliss-reactive ketones (excluding diaryl/α,β-unsaturated/α-hetero) is 1. The third-order valence-corrected chi connectivity index (χ3v) is 4.52. The van der Waals surface area contributed by atoms with E-state index in [1.165, 1.54) is 6.26 Å². The van der Waals surface area contributed by atoms with Gasteiger partial charge in [-0.3, -0.25) is 9.59 Å². The van der Waals surface area contributed by atoms with Gasteiger partial charge in [0, 0.05) is 0 Å². The Balaban J connectivity index is 1.57. The Kier molecular flexibility index (Phi) is 6.34. The van der Waals surface area contributed by atoms with Gasteiger partial charge in [-0.25, -0.2) is 4.98 Å². The maximum Gasteiger partial charge on any atom is 0.273 e. The van der Waals surface area contributed by atoms with Crippen molar-refractivity contribution in [2.45, 2.75) is 31.8 Å². The second-order valence-electron chi connectivity index (χ2n) is 6.64. The zero-order chi connectivity index (χ0) is 19.9. The maximum absolute atomic E-state index is 12.4. The molecule has 0 saturated heterocycles. The summed E-state index contributed by atoms with van der Waals surface area (Å²) in [6.07, 6.45) is 2.33. The molecule has 3 N–H and O–H groups in total. The van der Waals surface area contributed by atoms with Crippen LogP contribution in [0.5, 0.6) is 0 Å². The Labute approximate surface area is 163 Å². The molecule has 3 rings (SSSR count). The molecule has 1 aromatic heterocycles. The Morgan fingerprint density at radius 1 is 1.07 bits per heavy atom. The Morgan fingerprint density at radius 3 is 2.39 bits per heavy atom. The van der Waals surface area contributed by atoms with Gasteiger partial charge in [-0.15, -0.1) is 0 Å². The van der Waals surface area contributed by atoms with E-state index >= 15 is 0 Å².